The second-order valence-corrected chi connectivity index (χ2v) is 5.70. The van der Waals surface area contributed by atoms with E-state index < -0.39 is 0 Å². The maximum atomic E-state index is 13.6. The van der Waals surface area contributed by atoms with Crippen LogP contribution in [0.1, 0.15) is 44.1 Å². The molecule has 1 atom stereocenters. The zero-order chi connectivity index (χ0) is 13.8. The van der Waals surface area contributed by atoms with Gasteiger partial charge in [-0.2, -0.15) is 0 Å². The molecule has 1 unspecified atom stereocenters. The molecular weight excluding hydrogens is 241 g/mol. The highest BCUT2D eigenvalue weighted by molar-refractivity contribution is 5.76. The summed E-state index contributed by atoms with van der Waals surface area (Å²) in [6.45, 7) is 2.76. The summed E-state index contributed by atoms with van der Waals surface area (Å²) in [4.78, 5) is 13.9. The van der Waals surface area contributed by atoms with Crippen molar-refractivity contribution in [2.75, 3.05) is 13.6 Å². The van der Waals surface area contributed by atoms with Crippen molar-refractivity contribution >= 4 is 5.91 Å². The highest BCUT2D eigenvalue weighted by Crippen LogP contribution is 2.28. The number of nitrogens with zero attached hydrogens (tertiary/aromatic N) is 1. The molecule has 1 fully saturated rings. The average molecular weight is 263 g/mol. The molecule has 1 aromatic rings. The Morgan fingerprint density at radius 1 is 1.42 bits per heavy atom. The monoisotopic (exact) mass is 263 g/mol. The molecule has 3 heteroatoms. The number of amides is 1. The van der Waals surface area contributed by atoms with Gasteiger partial charge in [0.1, 0.15) is 5.82 Å². The first-order valence-corrected chi connectivity index (χ1v) is 7.06. The first-order chi connectivity index (χ1) is 9.08. The molecule has 2 nitrogen and oxygen atoms in total. The normalized spacial score (nSPS) is 16.8. The van der Waals surface area contributed by atoms with Crippen LogP contribution in [-0.2, 0) is 4.79 Å². The Hall–Kier alpha value is -1.38. The van der Waals surface area contributed by atoms with Crippen molar-refractivity contribution in [2.24, 2.45) is 5.92 Å². The molecule has 0 heterocycles. The lowest BCUT2D eigenvalue weighted by Crippen LogP contribution is -2.34. The Bertz CT molecular complexity index is 442. The molecule has 0 bridgehead atoms. The fourth-order valence-corrected chi connectivity index (χ4v) is 2.57. The summed E-state index contributed by atoms with van der Waals surface area (Å²) >= 11 is 0. The third-order valence-corrected chi connectivity index (χ3v) is 4.10. The number of halogens is 1. The summed E-state index contributed by atoms with van der Waals surface area (Å²) in [6.07, 6.45) is 4.14. The summed E-state index contributed by atoms with van der Waals surface area (Å²) in [6, 6.07) is 6.71. The molecular formula is C16H22FNO. The highest BCUT2D eigenvalue weighted by atomic mass is 19.1. The summed E-state index contributed by atoms with van der Waals surface area (Å²) in [5, 5.41) is 0. The van der Waals surface area contributed by atoms with Crippen molar-refractivity contribution < 1.29 is 9.18 Å². The largest absolute Gasteiger partial charge is 0.345 e. The highest BCUT2D eigenvalue weighted by Gasteiger charge is 2.23. The zero-order valence-corrected chi connectivity index (χ0v) is 11.7. The van der Waals surface area contributed by atoms with E-state index in [0.717, 1.165) is 6.54 Å². The molecule has 2 rings (SSSR count). The van der Waals surface area contributed by atoms with Crippen molar-refractivity contribution in [1.29, 1.82) is 0 Å². The van der Waals surface area contributed by atoms with E-state index >= 15 is 0 Å². The van der Waals surface area contributed by atoms with Gasteiger partial charge < -0.3 is 4.90 Å². The molecule has 0 aromatic heterocycles. The van der Waals surface area contributed by atoms with Crippen molar-refractivity contribution in [3.63, 3.8) is 0 Å². The number of rotatable bonds is 5. The first kappa shape index (κ1) is 14.0. The van der Waals surface area contributed by atoms with E-state index in [1.165, 1.54) is 25.3 Å². The molecule has 1 aliphatic rings. The van der Waals surface area contributed by atoms with Gasteiger partial charge in [-0.15, -0.1) is 0 Å². The minimum Gasteiger partial charge on any atom is -0.345 e. The molecule has 19 heavy (non-hydrogen) atoms. The molecule has 0 N–H and O–H groups in total. The summed E-state index contributed by atoms with van der Waals surface area (Å²) < 4.78 is 13.6. The zero-order valence-electron chi connectivity index (χ0n) is 11.7. The minimum absolute atomic E-state index is 0.0717. The molecule has 1 amide bonds. The Morgan fingerprint density at radius 2 is 2.11 bits per heavy atom. The Morgan fingerprint density at radius 3 is 2.68 bits per heavy atom. The van der Waals surface area contributed by atoms with Gasteiger partial charge >= 0.3 is 0 Å². The van der Waals surface area contributed by atoms with Crippen molar-refractivity contribution in [1.82, 2.24) is 4.90 Å². The lowest BCUT2D eigenvalue weighted by Gasteiger charge is -2.30. The van der Waals surface area contributed by atoms with Crippen LogP contribution in [0.2, 0.25) is 0 Å². The maximum absolute atomic E-state index is 13.6. The van der Waals surface area contributed by atoms with E-state index in [4.69, 9.17) is 0 Å². The van der Waals surface area contributed by atoms with Crippen molar-refractivity contribution in [3.05, 3.63) is 35.6 Å². The Kier molecular flexibility index (Phi) is 4.56. The third-order valence-electron chi connectivity index (χ3n) is 4.10. The second-order valence-electron chi connectivity index (χ2n) is 5.70. The number of hydrogen-bond donors (Lipinski definition) is 0. The van der Waals surface area contributed by atoms with Gasteiger partial charge in [-0.1, -0.05) is 31.5 Å². The summed E-state index contributed by atoms with van der Waals surface area (Å²) in [5.41, 5.74) is 0.632. The molecule has 104 valence electrons. The minimum atomic E-state index is -0.218. The van der Waals surface area contributed by atoms with Crippen molar-refractivity contribution in [3.8, 4) is 0 Å². The molecule has 1 saturated carbocycles. The van der Waals surface area contributed by atoms with Crippen LogP contribution in [-0.4, -0.2) is 24.4 Å². The Labute approximate surface area is 114 Å². The fraction of sp³-hybridized carbons (Fsp3) is 0.562. The molecule has 1 aliphatic carbocycles. The van der Waals surface area contributed by atoms with Gasteiger partial charge in [-0.25, -0.2) is 4.39 Å². The van der Waals surface area contributed by atoms with Gasteiger partial charge in [-0.05, 0) is 36.3 Å². The van der Waals surface area contributed by atoms with Crippen LogP contribution in [0.3, 0.4) is 0 Å². The van der Waals surface area contributed by atoms with Gasteiger partial charge in [0.15, 0.2) is 0 Å². The smallest absolute Gasteiger partial charge is 0.222 e. The lowest BCUT2D eigenvalue weighted by molar-refractivity contribution is -0.131. The number of carbonyl (C=O) groups excluding carboxylic acids is 1. The standard InChI is InChI=1S/C16H22FNO/c1-12(14-8-3-4-9-15(14)17)10-16(19)18(2)11-13-6-5-7-13/h3-4,8-9,12-13H,5-7,10-11H2,1-2H3. The number of benzene rings is 1. The van der Waals surface area contributed by atoms with E-state index in [1.54, 1.807) is 17.0 Å². The van der Waals surface area contributed by atoms with E-state index in [1.807, 2.05) is 20.0 Å². The third kappa shape index (κ3) is 3.55. The van der Waals surface area contributed by atoms with Gasteiger partial charge in [0, 0.05) is 20.0 Å². The van der Waals surface area contributed by atoms with E-state index in [0.29, 0.717) is 17.9 Å². The summed E-state index contributed by atoms with van der Waals surface area (Å²) in [5.74, 6) is 0.502. The number of hydrogen-bond acceptors (Lipinski definition) is 1. The van der Waals surface area contributed by atoms with Gasteiger partial charge in [0.2, 0.25) is 5.91 Å². The molecule has 0 saturated heterocycles. The van der Waals surface area contributed by atoms with Crippen LogP contribution >= 0.6 is 0 Å². The van der Waals surface area contributed by atoms with Gasteiger partial charge in [0.25, 0.3) is 0 Å². The van der Waals surface area contributed by atoms with Crippen LogP contribution in [0.25, 0.3) is 0 Å². The maximum Gasteiger partial charge on any atom is 0.222 e. The molecule has 0 radical (unpaired) electrons. The van der Waals surface area contributed by atoms with Crippen LogP contribution in [0.15, 0.2) is 24.3 Å². The van der Waals surface area contributed by atoms with Gasteiger partial charge in [-0.3, -0.25) is 4.79 Å². The number of carbonyl (C=O) groups is 1. The molecule has 0 spiro atoms. The van der Waals surface area contributed by atoms with E-state index in [2.05, 4.69) is 0 Å². The van der Waals surface area contributed by atoms with Crippen LogP contribution in [0.5, 0.6) is 0 Å². The predicted molar refractivity (Wildman–Crippen MR) is 74.4 cm³/mol. The Balaban J connectivity index is 1.88. The van der Waals surface area contributed by atoms with Gasteiger partial charge in [0.05, 0.1) is 0 Å². The molecule has 1 aromatic carbocycles. The van der Waals surface area contributed by atoms with E-state index in [9.17, 15) is 9.18 Å². The van der Waals surface area contributed by atoms with Crippen LogP contribution in [0, 0.1) is 11.7 Å². The SMILES string of the molecule is CC(CC(=O)N(C)CC1CCC1)c1ccccc1F. The topological polar surface area (TPSA) is 20.3 Å². The quantitative estimate of drug-likeness (QED) is 0.795. The van der Waals surface area contributed by atoms with Crippen LogP contribution < -0.4 is 0 Å². The predicted octanol–water partition coefficient (Wildman–Crippen LogP) is 3.58. The lowest BCUT2D eigenvalue weighted by atomic mass is 9.85. The van der Waals surface area contributed by atoms with Crippen molar-refractivity contribution in [2.45, 2.75) is 38.5 Å². The van der Waals surface area contributed by atoms with E-state index in [-0.39, 0.29) is 17.6 Å². The summed E-state index contributed by atoms with van der Waals surface area (Å²) in [7, 11) is 1.86. The fourth-order valence-electron chi connectivity index (χ4n) is 2.57. The first-order valence-electron chi connectivity index (χ1n) is 7.06. The average Bonchev–Trinajstić information content (AvgIpc) is 2.33. The second kappa shape index (κ2) is 6.18. The van der Waals surface area contributed by atoms with Crippen LogP contribution in [0.4, 0.5) is 4.39 Å². The molecule has 0 aliphatic heterocycles.